The van der Waals surface area contributed by atoms with Crippen molar-refractivity contribution in [3.63, 3.8) is 0 Å². The van der Waals surface area contributed by atoms with Crippen LogP contribution >= 0.6 is 0 Å². The van der Waals surface area contributed by atoms with Crippen LogP contribution in [-0.2, 0) is 0 Å². The van der Waals surface area contributed by atoms with Crippen LogP contribution in [0.25, 0.3) is 0 Å². The Bertz CT molecular complexity index is 1870. The molecule has 3 aromatic rings. The smallest absolute Gasteiger partial charge is 0.0656 e. The predicted molar refractivity (Wildman–Crippen MR) is 276 cm³/mol. The monoisotopic (exact) mass is 854 g/mol. The Morgan fingerprint density at radius 3 is 0.745 bits per heavy atom. The molecular weight excluding hydrogens is 773 g/mol. The zero-order chi connectivity index (χ0) is 42.6. The van der Waals surface area contributed by atoms with Crippen molar-refractivity contribution in [2.45, 2.75) is 166 Å². The zero-order valence-corrected chi connectivity index (χ0v) is 47.5. The van der Waals surface area contributed by atoms with Crippen LogP contribution in [0.5, 0.6) is 0 Å². The largest absolute Gasteiger partial charge is 0.177 e. The summed E-state index contributed by atoms with van der Waals surface area (Å²) in [5, 5.41) is 17.2. The molecule has 1 unspecified atom stereocenters. The third-order valence-electron chi connectivity index (χ3n) is 13.3. The minimum atomic E-state index is -2.96. The van der Waals surface area contributed by atoms with Gasteiger partial charge in [-0.05, 0) is 68.6 Å². The molecule has 0 nitrogen and oxygen atoms in total. The first-order valence-corrected chi connectivity index (χ1v) is 44.4. The molecule has 0 amide bonds. The van der Waals surface area contributed by atoms with Crippen molar-refractivity contribution in [3.05, 3.63) is 75.0 Å². The zero-order valence-electron chi connectivity index (χ0n) is 40.5. The van der Waals surface area contributed by atoms with Gasteiger partial charge >= 0.3 is 0 Å². The van der Waals surface area contributed by atoms with Gasteiger partial charge in [-0.3, -0.25) is 0 Å². The van der Waals surface area contributed by atoms with Crippen LogP contribution < -0.4 is 46.7 Å². The second kappa shape index (κ2) is 14.7. The molecule has 1 aliphatic rings. The summed E-state index contributed by atoms with van der Waals surface area (Å²) in [4.78, 5) is 0. The minimum absolute atomic E-state index is 0.399. The van der Waals surface area contributed by atoms with E-state index in [-0.39, 0.29) is 0 Å². The Morgan fingerprint density at radius 2 is 0.564 bits per heavy atom. The molecule has 1 atom stereocenters. The van der Waals surface area contributed by atoms with Crippen molar-refractivity contribution >= 4 is 103 Å². The molecule has 0 aromatic heterocycles. The van der Waals surface area contributed by atoms with Gasteiger partial charge in [0, 0.05) is 0 Å². The number of hydrogen-bond acceptors (Lipinski definition) is 0. The summed E-state index contributed by atoms with van der Waals surface area (Å²) in [7, 11) is -13.2. The second-order valence-electron chi connectivity index (χ2n) is 23.8. The van der Waals surface area contributed by atoms with Gasteiger partial charge in [-0.1, -0.05) is 225 Å². The first kappa shape index (κ1) is 46.3. The fourth-order valence-corrected chi connectivity index (χ4v) is 35.5. The van der Waals surface area contributed by atoms with Crippen molar-refractivity contribution in [1.29, 1.82) is 0 Å². The molecule has 0 radical (unpaired) electrons. The van der Waals surface area contributed by atoms with E-state index in [4.69, 9.17) is 0 Å². The van der Waals surface area contributed by atoms with E-state index in [1.165, 1.54) is 5.57 Å². The molecule has 7 heteroatoms. The summed E-state index contributed by atoms with van der Waals surface area (Å²) in [6, 6.07) is 16.2. The van der Waals surface area contributed by atoms with Crippen molar-refractivity contribution in [1.82, 2.24) is 0 Å². The second-order valence-corrected chi connectivity index (χ2v) is 57.6. The Balaban J connectivity index is 2.58. The first-order chi connectivity index (χ1) is 24.5. The van der Waals surface area contributed by atoms with Crippen LogP contribution in [0.15, 0.2) is 58.3 Å². The fourth-order valence-electron chi connectivity index (χ4n) is 11.0. The molecule has 0 saturated carbocycles. The molecule has 1 aliphatic carbocycles. The van der Waals surface area contributed by atoms with Gasteiger partial charge < -0.3 is 0 Å². The lowest BCUT2D eigenvalue weighted by molar-refractivity contribution is 0.851. The Hall–Kier alpha value is -1.34. The van der Waals surface area contributed by atoms with E-state index < -0.39 is 56.5 Å². The average Bonchev–Trinajstić information content (AvgIpc) is 3.17. The number of rotatable bonds is 10. The third-order valence-corrected chi connectivity index (χ3v) is 32.3. The van der Waals surface area contributed by atoms with Gasteiger partial charge in [-0.15, -0.1) is 0 Å². The highest BCUT2D eigenvalue weighted by atomic mass is 28.3. The van der Waals surface area contributed by atoms with Crippen molar-refractivity contribution in [2.24, 2.45) is 5.92 Å². The maximum absolute atomic E-state index is 2.96. The highest BCUT2D eigenvalue weighted by Gasteiger charge is 2.52. The molecule has 0 heterocycles. The van der Waals surface area contributed by atoms with Gasteiger partial charge in [0.2, 0.25) is 0 Å². The molecule has 55 heavy (non-hydrogen) atoms. The molecule has 4 rings (SSSR count). The van der Waals surface area contributed by atoms with Crippen LogP contribution in [0.1, 0.15) is 44.4 Å². The first-order valence-electron chi connectivity index (χ1n) is 21.4. The molecule has 3 aromatic carbocycles. The Morgan fingerprint density at radius 1 is 0.327 bits per heavy atom. The normalized spacial score (nSPS) is 16.9. The van der Waals surface area contributed by atoms with Gasteiger partial charge in [0.05, 0.1) is 48.4 Å². The molecule has 0 bridgehead atoms. The molecule has 0 saturated heterocycles. The summed E-state index contributed by atoms with van der Waals surface area (Å²) in [5.74, 6) is 0.399. The van der Waals surface area contributed by atoms with Gasteiger partial charge in [-0.2, -0.15) is 0 Å². The van der Waals surface area contributed by atoms with Crippen molar-refractivity contribution in [2.75, 3.05) is 0 Å². The number of hydrogen-bond donors (Lipinski definition) is 0. The van der Waals surface area contributed by atoms with Gasteiger partial charge in [0.25, 0.3) is 0 Å². The van der Waals surface area contributed by atoms with E-state index in [2.05, 4.69) is 203 Å². The molecule has 0 spiro atoms. The summed E-state index contributed by atoms with van der Waals surface area (Å²) in [6.45, 7) is 64.6. The topological polar surface area (TPSA) is 0 Å². The standard InChI is InChI=1S/C48H82Si7/c1-32-33(2)35(4)45(34(32)3)55(39-26-29-42(49(8,9)10)46(36(39)5)52(17,18)19,40-27-30-43(50(11,12)13)47(37(40)6)53(20,21)22)41-28-31-44(51(14,15)16)48(38(41)7)54(23,24)25/h26-31,34H,1-25H3. The van der Waals surface area contributed by atoms with E-state index >= 15 is 0 Å². The highest BCUT2D eigenvalue weighted by molar-refractivity contribution is 7.18. The lowest BCUT2D eigenvalue weighted by Crippen LogP contribution is -2.76. The average molecular weight is 856 g/mol. The maximum Gasteiger partial charge on any atom is 0.177 e. The predicted octanol–water partition coefficient (Wildman–Crippen LogP) is 9.20. The Labute approximate surface area is 348 Å². The molecule has 0 fully saturated rings. The van der Waals surface area contributed by atoms with Crippen LogP contribution in [-0.4, -0.2) is 56.5 Å². The van der Waals surface area contributed by atoms with E-state index in [1.54, 1.807) is 79.7 Å². The summed E-state index contributed by atoms with van der Waals surface area (Å²) < 4.78 is 0. The lowest BCUT2D eigenvalue weighted by atomic mass is 10.1. The van der Waals surface area contributed by atoms with Crippen LogP contribution in [0, 0.1) is 26.7 Å². The van der Waals surface area contributed by atoms with E-state index in [9.17, 15) is 0 Å². The molecule has 302 valence electrons. The van der Waals surface area contributed by atoms with Crippen LogP contribution in [0.2, 0.25) is 118 Å². The summed E-state index contributed by atoms with van der Waals surface area (Å²) in [6.07, 6.45) is 0. The quantitative estimate of drug-likeness (QED) is 0.141. The van der Waals surface area contributed by atoms with Crippen LogP contribution in [0.4, 0.5) is 0 Å². The van der Waals surface area contributed by atoms with Gasteiger partial charge in [-0.25, -0.2) is 0 Å². The summed E-state index contributed by atoms with van der Waals surface area (Å²) >= 11 is 0. The van der Waals surface area contributed by atoms with Gasteiger partial charge in [0.1, 0.15) is 0 Å². The molecule has 0 N–H and O–H groups in total. The van der Waals surface area contributed by atoms with E-state index in [0.29, 0.717) is 5.92 Å². The number of allylic oxidation sites excluding steroid dienone is 4. The molecule has 0 aliphatic heterocycles. The fraction of sp³-hybridized carbons (Fsp3) is 0.542. The maximum atomic E-state index is 2.73. The van der Waals surface area contributed by atoms with E-state index in [0.717, 1.165) is 0 Å². The van der Waals surface area contributed by atoms with Crippen molar-refractivity contribution < 1.29 is 0 Å². The van der Waals surface area contributed by atoms with Crippen molar-refractivity contribution in [3.8, 4) is 0 Å². The highest BCUT2D eigenvalue weighted by Crippen LogP contribution is 2.42. The SMILES string of the molecule is CC1=C(C)C(C)C([Si](c2ccc([Si](C)(C)C)c([Si](C)(C)C)c2C)(c2ccc([Si](C)(C)C)c([Si](C)(C)C)c2C)c2ccc([Si](C)(C)C)c([Si](C)(C)C)c2C)=C1C. The third kappa shape index (κ3) is 8.04. The minimum Gasteiger partial charge on any atom is -0.0656 e. The van der Waals surface area contributed by atoms with Gasteiger partial charge in [0.15, 0.2) is 8.07 Å². The summed E-state index contributed by atoms with van der Waals surface area (Å²) in [5.41, 5.74) is 9.58. The lowest BCUT2D eigenvalue weighted by Gasteiger charge is -2.45. The van der Waals surface area contributed by atoms with Crippen LogP contribution in [0.3, 0.4) is 0 Å². The van der Waals surface area contributed by atoms with E-state index in [1.807, 2.05) is 0 Å². The molecular formula is C48H82Si7. The Kier molecular flexibility index (Phi) is 12.4. The number of benzene rings is 3.